The van der Waals surface area contributed by atoms with E-state index in [2.05, 4.69) is 20.7 Å². The lowest BCUT2D eigenvalue weighted by molar-refractivity contribution is -0.384. The minimum Gasteiger partial charge on any atom is -0.360 e. The number of aromatic nitrogens is 2. The summed E-state index contributed by atoms with van der Waals surface area (Å²) < 4.78 is 0. The third-order valence-corrected chi connectivity index (χ3v) is 2.80. The Morgan fingerprint density at radius 2 is 2.20 bits per heavy atom. The molecule has 4 N–H and O–H groups in total. The van der Waals surface area contributed by atoms with E-state index in [-0.39, 0.29) is 11.5 Å². The maximum absolute atomic E-state index is 11.0. The van der Waals surface area contributed by atoms with E-state index in [4.69, 9.17) is 5.84 Å². The fourth-order valence-electron chi connectivity index (χ4n) is 1.69. The van der Waals surface area contributed by atoms with Crippen LogP contribution in [0.15, 0.2) is 30.6 Å². The average Bonchev–Trinajstić information content (AvgIpc) is 2.46. The Kier molecular flexibility index (Phi) is 4.06. The van der Waals surface area contributed by atoms with Gasteiger partial charge in [-0.1, -0.05) is 0 Å². The van der Waals surface area contributed by atoms with Crippen LogP contribution in [0.2, 0.25) is 0 Å². The van der Waals surface area contributed by atoms with E-state index in [1.54, 1.807) is 12.4 Å². The molecule has 0 radical (unpaired) electrons. The zero-order valence-electron chi connectivity index (χ0n) is 10.8. The second-order valence-electron chi connectivity index (χ2n) is 4.12. The van der Waals surface area contributed by atoms with Crippen LogP contribution in [0.4, 0.5) is 17.3 Å². The van der Waals surface area contributed by atoms with Crippen LogP contribution >= 0.6 is 0 Å². The number of hydrogen-bond donors (Lipinski definition) is 3. The molecule has 0 unspecified atom stereocenters. The molecule has 0 aliphatic rings. The molecule has 2 rings (SSSR count). The second kappa shape index (κ2) is 5.93. The predicted octanol–water partition coefficient (Wildman–Crippen LogP) is 1.59. The molecule has 0 aliphatic carbocycles. The molecule has 0 amide bonds. The predicted molar refractivity (Wildman–Crippen MR) is 75.0 cm³/mol. The topological polar surface area (TPSA) is 119 Å². The highest BCUT2D eigenvalue weighted by Crippen LogP contribution is 2.24. The summed E-state index contributed by atoms with van der Waals surface area (Å²) in [5, 5.41) is 13.9. The minimum absolute atomic E-state index is 0.101. The molecule has 0 fully saturated rings. The van der Waals surface area contributed by atoms with Crippen molar-refractivity contribution in [2.75, 3.05) is 10.7 Å². The summed E-state index contributed by atoms with van der Waals surface area (Å²) in [5.74, 6) is 5.78. The number of rotatable bonds is 5. The first-order valence-electron chi connectivity index (χ1n) is 5.87. The van der Waals surface area contributed by atoms with Crippen LogP contribution in [0.1, 0.15) is 11.1 Å². The highest BCUT2D eigenvalue weighted by molar-refractivity contribution is 5.60. The highest BCUT2D eigenvalue weighted by Gasteiger charge is 2.15. The maximum atomic E-state index is 11.0. The zero-order chi connectivity index (χ0) is 14.5. The minimum atomic E-state index is -0.491. The molecule has 8 nitrogen and oxygen atoms in total. The number of anilines is 2. The molecule has 2 heterocycles. The van der Waals surface area contributed by atoms with E-state index in [0.29, 0.717) is 12.4 Å². The largest absolute Gasteiger partial charge is 0.360 e. The first kappa shape index (κ1) is 13.7. The summed E-state index contributed by atoms with van der Waals surface area (Å²) in [6.07, 6.45) is 3.40. The normalized spacial score (nSPS) is 10.1. The lowest BCUT2D eigenvalue weighted by Gasteiger charge is -2.09. The van der Waals surface area contributed by atoms with Gasteiger partial charge in [0.1, 0.15) is 5.82 Å². The summed E-state index contributed by atoms with van der Waals surface area (Å²) in [5.41, 5.74) is 4.24. The molecule has 2 aromatic heterocycles. The van der Waals surface area contributed by atoms with Gasteiger partial charge in [0.15, 0.2) is 0 Å². The van der Waals surface area contributed by atoms with E-state index >= 15 is 0 Å². The van der Waals surface area contributed by atoms with Gasteiger partial charge in [-0.25, -0.2) is 10.8 Å². The number of nitrogens with two attached hydrogens (primary N) is 1. The SMILES string of the molecule is Cc1cnccc1CNc1nc(NN)ccc1[N+](=O)[O-]. The molecule has 0 saturated carbocycles. The third-order valence-electron chi connectivity index (χ3n) is 2.80. The van der Waals surface area contributed by atoms with Crippen molar-refractivity contribution in [3.05, 3.63) is 51.8 Å². The van der Waals surface area contributed by atoms with Crippen molar-refractivity contribution < 1.29 is 4.92 Å². The van der Waals surface area contributed by atoms with Crippen LogP contribution in [-0.4, -0.2) is 14.9 Å². The van der Waals surface area contributed by atoms with Crippen LogP contribution in [-0.2, 0) is 6.54 Å². The van der Waals surface area contributed by atoms with Crippen LogP contribution < -0.4 is 16.6 Å². The van der Waals surface area contributed by atoms with E-state index in [9.17, 15) is 10.1 Å². The summed E-state index contributed by atoms with van der Waals surface area (Å²) in [6, 6.07) is 4.64. The van der Waals surface area contributed by atoms with Gasteiger partial charge in [0.05, 0.1) is 4.92 Å². The van der Waals surface area contributed by atoms with Gasteiger partial charge in [0.2, 0.25) is 5.82 Å². The van der Waals surface area contributed by atoms with E-state index < -0.39 is 4.92 Å². The summed E-state index contributed by atoms with van der Waals surface area (Å²) in [6.45, 7) is 2.33. The van der Waals surface area contributed by atoms with Gasteiger partial charge < -0.3 is 10.7 Å². The fraction of sp³-hybridized carbons (Fsp3) is 0.167. The number of nitrogens with one attached hydrogen (secondary N) is 2. The molecule has 0 spiro atoms. The Labute approximate surface area is 115 Å². The number of nitro groups is 1. The van der Waals surface area contributed by atoms with Crippen molar-refractivity contribution in [3.63, 3.8) is 0 Å². The van der Waals surface area contributed by atoms with Crippen molar-refractivity contribution >= 4 is 17.3 Å². The van der Waals surface area contributed by atoms with Crippen LogP contribution in [0, 0.1) is 17.0 Å². The Balaban J connectivity index is 2.24. The molecule has 0 atom stereocenters. The monoisotopic (exact) mass is 274 g/mol. The smallest absolute Gasteiger partial charge is 0.311 e. The molecule has 8 heteroatoms. The van der Waals surface area contributed by atoms with Crippen LogP contribution in [0.5, 0.6) is 0 Å². The quantitative estimate of drug-likeness (QED) is 0.430. The van der Waals surface area contributed by atoms with Gasteiger partial charge in [-0.15, -0.1) is 0 Å². The lowest BCUT2D eigenvalue weighted by atomic mass is 10.1. The number of hydrogen-bond acceptors (Lipinski definition) is 7. The molecule has 0 aromatic carbocycles. The number of hydrazine groups is 1. The Morgan fingerprint density at radius 1 is 1.40 bits per heavy atom. The average molecular weight is 274 g/mol. The molecular weight excluding hydrogens is 260 g/mol. The molecule has 2 aromatic rings. The molecular formula is C12H14N6O2. The highest BCUT2D eigenvalue weighted by atomic mass is 16.6. The van der Waals surface area contributed by atoms with Crippen LogP contribution in [0.25, 0.3) is 0 Å². The van der Waals surface area contributed by atoms with E-state index in [1.807, 2.05) is 13.0 Å². The first-order valence-corrected chi connectivity index (χ1v) is 5.87. The van der Waals surface area contributed by atoms with Gasteiger partial charge in [-0.2, -0.15) is 0 Å². The van der Waals surface area contributed by atoms with Crippen molar-refractivity contribution in [1.82, 2.24) is 9.97 Å². The van der Waals surface area contributed by atoms with Crippen molar-refractivity contribution in [2.45, 2.75) is 13.5 Å². The van der Waals surface area contributed by atoms with Crippen molar-refractivity contribution in [3.8, 4) is 0 Å². The van der Waals surface area contributed by atoms with Gasteiger partial charge in [0.25, 0.3) is 0 Å². The van der Waals surface area contributed by atoms with Gasteiger partial charge in [0, 0.05) is 25.0 Å². The van der Waals surface area contributed by atoms with Gasteiger partial charge in [-0.05, 0) is 30.2 Å². The molecule has 0 aliphatic heterocycles. The fourth-order valence-corrected chi connectivity index (χ4v) is 1.69. The second-order valence-corrected chi connectivity index (χ2v) is 4.12. The van der Waals surface area contributed by atoms with E-state index in [0.717, 1.165) is 11.1 Å². The molecule has 0 saturated heterocycles. The number of nitrogens with zero attached hydrogens (tertiary/aromatic N) is 3. The summed E-state index contributed by atoms with van der Waals surface area (Å²) in [4.78, 5) is 18.5. The first-order chi connectivity index (χ1) is 9.61. The Morgan fingerprint density at radius 3 is 2.85 bits per heavy atom. The van der Waals surface area contributed by atoms with Gasteiger partial charge in [-0.3, -0.25) is 15.1 Å². The summed E-state index contributed by atoms with van der Waals surface area (Å²) >= 11 is 0. The number of nitrogen functional groups attached to an aromatic ring is 1. The maximum Gasteiger partial charge on any atom is 0.311 e. The zero-order valence-corrected chi connectivity index (χ0v) is 10.8. The molecule has 104 valence electrons. The van der Waals surface area contributed by atoms with E-state index in [1.165, 1.54) is 12.1 Å². The van der Waals surface area contributed by atoms with Crippen molar-refractivity contribution in [2.24, 2.45) is 5.84 Å². The van der Waals surface area contributed by atoms with Crippen molar-refractivity contribution in [1.29, 1.82) is 0 Å². The third kappa shape index (κ3) is 2.98. The number of aryl methyl sites for hydroxylation is 1. The van der Waals surface area contributed by atoms with Gasteiger partial charge >= 0.3 is 5.69 Å². The lowest BCUT2D eigenvalue weighted by Crippen LogP contribution is -2.11. The van der Waals surface area contributed by atoms with Crippen LogP contribution in [0.3, 0.4) is 0 Å². The Bertz CT molecular complexity index is 631. The Hall–Kier alpha value is -2.74. The summed E-state index contributed by atoms with van der Waals surface area (Å²) in [7, 11) is 0. The molecule has 20 heavy (non-hydrogen) atoms. The molecule has 0 bridgehead atoms. The number of pyridine rings is 2. The standard InChI is InChI=1S/C12H14N6O2/c1-8-6-14-5-4-9(8)7-15-12-10(18(19)20)2-3-11(16-12)17-13/h2-6H,7,13H2,1H3,(H2,15,16,17).